The second-order valence-electron chi connectivity index (χ2n) is 6.28. The van der Waals surface area contributed by atoms with Gasteiger partial charge < -0.3 is 9.80 Å². The van der Waals surface area contributed by atoms with Crippen molar-refractivity contribution < 1.29 is 4.79 Å². The average Bonchev–Trinajstić information content (AvgIpc) is 3.24. The molecule has 0 aliphatic carbocycles. The number of hydrogen-bond acceptors (Lipinski definition) is 4. The molecule has 0 spiro atoms. The Morgan fingerprint density at radius 2 is 1.59 bits per heavy atom. The molecule has 2 heterocycles. The maximum atomic E-state index is 12.3. The van der Waals surface area contributed by atoms with Crippen molar-refractivity contribution in [3.63, 3.8) is 0 Å². The molecule has 1 fully saturated rings. The Morgan fingerprint density at radius 1 is 0.926 bits per heavy atom. The first kappa shape index (κ1) is 17.3. The molecule has 0 saturated carbocycles. The van der Waals surface area contributed by atoms with Gasteiger partial charge in [-0.2, -0.15) is 0 Å². The van der Waals surface area contributed by atoms with Crippen LogP contribution in [0.4, 0.5) is 5.13 Å². The summed E-state index contributed by atoms with van der Waals surface area (Å²) in [4.78, 5) is 21.1. The molecule has 0 unspecified atom stereocenters. The molecule has 5 heteroatoms. The predicted molar refractivity (Wildman–Crippen MR) is 110 cm³/mol. The molecule has 0 bridgehead atoms. The van der Waals surface area contributed by atoms with E-state index in [0.29, 0.717) is 13.1 Å². The summed E-state index contributed by atoms with van der Waals surface area (Å²) in [6, 6.07) is 19.8. The van der Waals surface area contributed by atoms with E-state index in [-0.39, 0.29) is 5.91 Å². The van der Waals surface area contributed by atoms with E-state index in [1.165, 1.54) is 0 Å². The van der Waals surface area contributed by atoms with Gasteiger partial charge in [0, 0.05) is 48.6 Å². The number of nitrogens with zero attached hydrogens (tertiary/aromatic N) is 3. The molecule has 27 heavy (non-hydrogen) atoms. The van der Waals surface area contributed by atoms with Crippen molar-refractivity contribution in [2.45, 2.75) is 0 Å². The highest BCUT2D eigenvalue weighted by Gasteiger charge is 2.22. The van der Waals surface area contributed by atoms with Gasteiger partial charge in [0.2, 0.25) is 0 Å². The summed E-state index contributed by atoms with van der Waals surface area (Å²) in [6.07, 6.45) is 0. The number of piperazine rings is 1. The number of anilines is 1. The molecule has 0 atom stereocenters. The third kappa shape index (κ3) is 4.18. The van der Waals surface area contributed by atoms with Gasteiger partial charge in [-0.25, -0.2) is 4.98 Å². The number of hydrogen-bond donors (Lipinski definition) is 0. The van der Waals surface area contributed by atoms with Crippen LogP contribution >= 0.6 is 11.3 Å². The Bertz CT molecular complexity index is 965. The molecule has 1 aromatic heterocycles. The highest BCUT2D eigenvalue weighted by atomic mass is 32.1. The van der Waals surface area contributed by atoms with Gasteiger partial charge in [0.05, 0.1) is 5.69 Å². The number of carbonyl (C=O) groups excluding carboxylic acids is 1. The van der Waals surface area contributed by atoms with Crippen molar-refractivity contribution in [3.8, 4) is 23.1 Å². The first-order chi connectivity index (χ1) is 13.3. The second kappa shape index (κ2) is 8.07. The van der Waals surface area contributed by atoms with Crippen molar-refractivity contribution in [1.82, 2.24) is 9.88 Å². The molecule has 4 nitrogen and oxygen atoms in total. The Kier molecular flexibility index (Phi) is 5.17. The predicted octanol–water partition coefficient (Wildman–Crippen LogP) is 3.51. The number of rotatable bonds is 2. The SMILES string of the molecule is O=C(C#Cc1ccccc1)N1CCN(c2nc(-c3ccccc3)cs2)CC1. The molecule has 4 rings (SSSR count). The Labute approximate surface area is 163 Å². The molecular formula is C22H19N3OS. The molecule has 0 N–H and O–H groups in total. The maximum absolute atomic E-state index is 12.3. The van der Waals surface area contributed by atoms with Crippen LogP contribution in [-0.2, 0) is 4.79 Å². The quantitative estimate of drug-likeness (QED) is 0.645. The van der Waals surface area contributed by atoms with E-state index in [1.807, 2.05) is 53.4 Å². The van der Waals surface area contributed by atoms with Crippen molar-refractivity contribution in [2.24, 2.45) is 0 Å². The van der Waals surface area contributed by atoms with E-state index in [9.17, 15) is 4.79 Å². The lowest BCUT2D eigenvalue weighted by molar-refractivity contribution is -0.125. The summed E-state index contributed by atoms with van der Waals surface area (Å²) in [5, 5.41) is 3.10. The van der Waals surface area contributed by atoms with Gasteiger partial charge in [0.25, 0.3) is 5.91 Å². The number of thiazole rings is 1. The maximum Gasteiger partial charge on any atom is 0.298 e. The number of benzene rings is 2. The summed E-state index contributed by atoms with van der Waals surface area (Å²) in [5.41, 5.74) is 2.99. The summed E-state index contributed by atoms with van der Waals surface area (Å²) in [6.45, 7) is 2.89. The van der Waals surface area contributed by atoms with Crippen molar-refractivity contribution in [3.05, 3.63) is 71.6 Å². The summed E-state index contributed by atoms with van der Waals surface area (Å²) in [5.74, 6) is 5.59. The van der Waals surface area contributed by atoms with Gasteiger partial charge >= 0.3 is 0 Å². The average molecular weight is 373 g/mol. The van der Waals surface area contributed by atoms with Crippen LogP contribution in [0.15, 0.2) is 66.0 Å². The fourth-order valence-electron chi connectivity index (χ4n) is 2.98. The molecule has 1 aliphatic rings. The van der Waals surface area contributed by atoms with E-state index in [4.69, 9.17) is 4.98 Å². The highest BCUT2D eigenvalue weighted by molar-refractivity contribution is 7.14. The van der Waals surface area contributed by atoms with Crippen LogP contribution in [0.25, 0.3) is 11.3 Å². The van der Waals surface area contributed by atoms with Gasteiger partial charge in [0.1, 0.15) is 0 Å². The lowest BCUT2D eigenvalue weighted by Gasteiger charge is -2.33. The topological polar surface area (TPSA) is 36.4 Å². The van der Waals surface area contributed by atoms with Crippen LogP contribution in [0, 0.1) is 11.8 Å². The fourth-order valence-corrected chi connectivity index (χ4v) is 3.87. The largest absolute Gasteiger partial charge is 0.345 e. The molecule has 3 aromatic rings. The van der Waals surface area contributed by atoms with Gasteiger partial charge in [-0.3, -0.25) is 4.79 Å². The Hall–Kier alpha value is -3.10. The molecule has 0 radical (unpaired) electrons. The molecule has 1 aliphatic heterocycles. The second-order valence-corrected chi connectivity index (χ2v) is 7.11. The van der Waals surface area contributed by atoms with E-state index in [1.54, 1.807) is 11.3 Å². The standard InChI is InChI=1S/C22H19N3OS/c26-21(12-11-18-7-3-1-4-8-18)24-13-15-25(16-14-24)22-23-20(17-27-22)19-9-5-2-6-10-19/h1-10,17H,13-16H2. The van der Waals surface area contributed by atoms with Crippen LogP contribution in [-0.4, -0.2) is 42.0 Å². The minimum absolute atomic E-state index is 0.109. The van der Waals surface area contributed by atoms with Crippen molar-refractivity contribution in [2.75, 3.05) is 31.1 Å². The number of amides is 1. The lowest BCUT2D eigenvalue weighted by Crippen LogP contribution is -2.48. The Balaban J connectivity index is 1.36. The van der Waals surface area contributed by atoms with Gasteiger partial charge in [-0.1, -0.05) is 54.5 Å². The number of aromatic nitrogens is 1. The summed E-state index contributed by atoms with van der Waals surface area (Å²) < 4.78 is 0. The van der Waals surface area contributed by atoms with Crippen LogP contribution in [0.3, 0.4) is 0 Å². The third-order valence-corrected chi connectivity index (χ3v) is 5.39. The normalized spacial score (nSPS) is 13.8. The zero-order chi connectivity index (χ0) is 18.5. The van der Waals surface area contributed by atoms with Gasteiger partial charge in [-0.05, 0) is 12.1 Å². The molecular weight excluding hydrogens is 354 g/mol. The van der Waals surface area contributed by atoms with Crippen LogP contribution in [0.2, 0.25) is 0 Å². The van der Waals surface area contributed by atoms with Crippen molar-refractivity contribution >= 4 is 22.4 Å². The van der Waals surface area contributed by atoms with Gasteiger partial charge in [-0.15, -0.1) is 11.3 Å². The fraction of sp³-hybridized carbons (Fsp3) is 0.182. The lowest BCUT2D eigenvalue weighted by atomic mass is 10.2. The van der Waals surface area contributed by atoms with E-state index < -0.39 is 0 Å². The third-order valence-electron chi connectivity index (χ3n) is 4.49. The molecule has 2 aromatic carbocycles. The molecule has 134 valence electrons. The highest BCUT2D eigenvalue weighted by Crippen LogP contribution is 2.27. The minimum Gasteiger partial charge on any atom is -0.345 e. The summed E-state index contributed by atoms with van der Waals surface area (Å²) in [7, 11) is 0. The molecule has 1 amide bonds. The molecule has 1 saturated heterocycles. The Morgan fingerprint density at radius 3 is 2.30 bits per heavy atom. The van der Waals surface area contributed by atoms with Crippen LogP contribution in [0.5, 0.6) is 0 Å². The van der Waals surface area contributed by atoms with Crippen molar-refractivity contribution in [1.29, 1.82) is 0 Å². The minimum atomic E-state index is -0.109. The smallest absolute Gasteiger partial charge is 0.298 e. The number of carbonyl (C=O) groups is 1. The summed E-state index contributed by atoms with van der Waals surface area (Å²) >= 11 is 1.65. The van der Waals surface area contributed by atoms with E-state index in [0.717, 1.165) is 35.0 Å². The van der Waals surface area contributed by atoms with E-state index in [2.05, 4.69) is 34.3 Å². The van der Waals surface area contributed by atoms with E-state index >= 15 is 0 Å². The zero-order valence-electron chi connectivity index (χ0n) is 14.8. The monoisotopic (exact) mass is 373 g/mol. The zero-order valence-corrected chi connectivity index (χ0v) is 15.7. The first-order valence-corrected chi connectivity index (χ1v) is 9.79. The van der Waals surface area contributed by atoms with Crippen LogP contribution < -0.4 is 4.90 Å². The first-order valence-electron chi connectivity index (χ1n) is 8.91. The van der Waals surface area contributed by atoms with Crippen LogP contribution in [0.1, 0.15) is 5.56 Å². The van der Waals surface area contributed by atoms with Gasteiger partial charge in [0.15, 0.2) is 5.13 Å².